The van der Waals surface area contributed by atoms with Crippen molar-refractivity contribution in [1.29, 1.82) is 0 Å². The highest BCUT2D eigenvalue weighted by molar-refractivity contribution is 8.01. The normalized spacial score (nSPS) is 10.9. The molecule has 2 aromatic carbocycles. The zero-order valence-electron chi connectivity index (χ0n) is 14.4. The molecule has 138 valence electrons. The van der Waals surface area contributed by atoms with Crippen LogP contribution in [-0.2, 0) is 4.79 Å². The summed E-state index contributed by atoms with van der Waals surface area (Å²) in [5.41, 5.74) is 5.22. The molecule has 0 aliphatic heterocycles. The Balaban J connectivity index is 1.49. The van der Waals surface area contributed by atoms with E-state index in [-0.39, 0.29) is 11.7 Å². The number of nitrogens with one attached hydrogen (secondary N) is 1. The van der Waals surface area contributed by atoms with Gasteiger partial charge >= 0.3 is 0 Å². The van der Waals surface area contributed by atoms with Crippen LogP contribution in [0.1, 0.15) is 5.56 Å². The predicted molar refractivity (Wildman–Crippen MR) is 112 cm³/mol. The Kier molecular flexibility index (Phi) is 6.86. The van der Waals surface area contributed by atoms with E-state index < -0.39 is 0 Å². The number of thioether (sulfide) groups is 1. The summed E-state index contributed by atoms with van der Waals surface area (Å²) >= 11 is 8.78. The number of nitrogens with zero attached hydrogens (tertiary/aromatic N) is 2. The molecule has 3 rings (SSSR count). The van der Waals surface area contributed by atoms with E-state index in [0.717, 1.165) is 26.9 Å². The smallest absolute Gasteiger partial charge is 0.250 e. The zero-order chi connectivity index (χ0) is 19.1. The average molecular weight is 418 g/mol. The fraction of sp³-hybridized carbons (Fsp3) is 0.105. The van der Waals surface area contributed by atoms with Crippen LogP contribution >= 0.6 is 34.7 Å². The van der Waals surface area contributed by atoms with Gasteiger partial charge in [-0.3, -0.25) is 4.79 Å². The Morgan fingerprint density at radius 1 is 1.33 bits per heavy atom. The molecule has 0 saturated heterocycles. The van der Waals surface area contributed by atoms with Gasteiger partial charge in [-0.05, 0) is 29.8 Å². The Bertz CT molecular complexity index is 942. The third-order valence-electron chi connectivity index (χ3n) is 3.45. The van der Waals surface area contributed by atoms with Crippen molar-refractivity contribution >= 4 is 46.8 Å². The molecule has 0 radical (unpaired) electrons. The molecule has 1 N–H and O–H groups in total. The van der Waals surface area contributed by atoms with Crippen LogP contribution in [0, 0.1) is 0 Å². The van der Waals surface area contributed by atoms with Gasteiger partial charge in [0.15, 0.2) is 4.34 Å². The van der Waals surface area contributed by atoms with E-state index in [1.54, 1.807) is 13.3 Å². The van der Waals surface area contributed by atoms with Gasteiger partial charge in [-0.15, -0.1) is 11.3 Å². The SMILES string of the molecule is COc1cccc(/C=N/NC(=O)CSc2nc(-c3ccc(Cl)cc3)cs2)c1. The number of hydrogen-bond acceptors (Lipinski definition) is 6. The standard InChI is InChI=1S/C19H16ClN3O2S2/c1-25-16-4-2-3-13(9-16)10-21-23-18(24)12-27-19-22-17(11-26-19)14-5-7-15(20)8-6-14/h2-11H,12H2,1H3,(H,23,24)/b21-10+. The first-order valence-electron chi connectivity index (χ1n) is 7.94. The van der Waals surface area contributed by atoms with E-state index in [4.69, 9.17) is 16.3 Å². The quantitative estimate of drug-likeness (QED) is 0.343. The van der Waals surface area contributed by atoms with E-state index in [9.17, 15) is 4.79 Å². The topological polar surface area (TPSA) is 63.6 Å². The van der Waals surface area contributed by atoms with Crippen LogP contribution in [0.2, 0.25) is 5.02 Å². The number of benzene rings is 2. The first-order chi connectivity index (χ1) is 13.1. The minimum Gasteiger partial charge on any atom is -0.497 e. The molecule has 0 fully saturated rings. The fourth-order valence-electron chi connectivity index (χ4n) is 2.14. The van der Waals surface area contributed by atoms with E-state index >= 15 is 0 Å². The van der Waals surface area contributed by atoms with Crippen molar-refractivity contribution in [1.82, 2.24) is 10.4 Å². The number of carbonyl (C=O) groups excluding carboxylic acids is 1. The molecule has 27 heavy (non-hydrogen) atoms. The van der Waals surface area contributed by atoms with Crippen molar-refractivity contribution in [3.05, 3.63) is 64.5 Å². The van der Waals surface area contributed by atoms with Gasteiger partial charge in [0.1, 0.15) is 5.75 Å². The van der Waals surface area contributed by atoms with E-state index in [1.165, 1.54) is 23.1 Å². The lowest BCUT2D eigenvalue weighted by Crippen LogP contribution is -2.19. The first-order valence-corrected chi connectivity index (χ1v) is 10.2. The number of ether oxygens (including phenoxy) is 1. The molecule has 0 bridgehead atoms. The number of carbonyl (C=O) groups is 1. The summed E-state index contributed by atoms with van der Waals surface area (Å²) in [6, 6.07) is 14.9. The Hall–Kier alpha value is -2.35. The van der Waals surface area contributed by atoms with Crippen LogP contribution in [0.15, 0.2) is 63.4 Å². The number of aromatic nitrogens is 1. The van der Waals surface area contributed by atoms with E-state index in [2.05, 4.69) is 15.5 Å². The molecule has 0 unspecified atom stereocenters. The summed E-state index contributed by atoms with van der Waals surface area (Å²) in [6.45, 7) is 0. The lowest BCUT2D eigenvalue weighted by molar-refractivity contribution is -0.118. The highest BCUT2D eigenvalue weighted by Gasteiger charge is 2.08. The maximum absolute atomic E-state index is 11.9. The average Bonchev–Trinajstić information content (AvgIpc) is 3.16. The largest absolute Gasteiger partial charge is 0.497 e. The summed E-state index contributed by atoms with van der Waals surface area (Å²) in [7, 11) is 1.60. The second-order valence-corrected chi connectivity index (χ2v) is 7.88. The van der Waals surface area contributed by atoms with Crippen molar-refractivity contribution in [2.45, 2.75) is 4.34 Å². The zero-order valence-corrected chi connectivity index (χ0v) is 16.8. The van der Waals surface area contributed by atoms with Gasteiger partial charge in [0.25, 0.3) is 5.91 Å². The maximum Gasteiger partial charge on any atom is 0.250 e. The van der Waals surface area contributed by atoms with Crippen LogP contribution in [-0.4, -0.2) is 30.0 Å². The predicted octanol–water partition coefficient (Wildman–Crippen LogP) is 4.71. The monoisotopic (exact) mass is 417 g/mol. The molecule has 8 heteroatoms. The lowest BCUT2D eigenvalue weighted by atomic mass is 10.2. The number of amides is 1. The molecule has 1 heterocycles. The Labute approximate surface area is 170 Å². The summed E-state index contributed by atoms with van der Waals surface area (Å²) in [4.78, 5) is 16.5. The first kappa shape index (κ1) is 19.4. The number of hydrogen-bond donors (Lipinski definition) is 1. The van der Waals surface area contributed by atoms with Crippen LogP contribution < -0.4 is 10.2 Å². The molecule has 1 aromatic heterocycles. The fourth-order valence-corrected chi connectivity index (χ4v) is 3.89. The van der Waals surface area contributed by atoms with Gasteiger partial charge in [0.2, 0.25) is 0 Å². The van der Waals surface area contributed by atoms with Crippen LogP contribution in [0.25, 0.3) is 11.3 Å². The van der Waals surface area contributed by atoms with Crippen molar-refractivity contribution in [3.8, 4) is 17.0 Å². The summed E-state index contributed by atoms with van der Waals surface area (Å²) in [5, 5.41) is 6.62. The Morgan fingerprint density at radius 3 is 2.93 bits per heavy atom. The van der Waals surface area contributed by atoms with Crippen molar-refractivity contribution < 1.29 is 9.53 Å². The molecule has 0 saturated carbocycles. The number of thiazole rings is 1. The molecule has 0 atom stereocenters. The molecule has 5 nitrogen and oxygen atoms in total. The van der Waals surface area contributed by atoms with Crippen molar-refractivity contribution in [2.24, 2.45) is 5.10 Å². The summed E-state index contributed by atoms with van der Waals surface area (Å²) in [5.74, 6) is 0.784. The number of halogens is 1. The maximum atomic E-state index is 11.9. The van der Waals surface area contributed by atoms with Gasteiger partial charge in [0.05, 0.1) is 24.8 Å². The minimum atomic E-state index is -0.192. The van der Waals surface area contributed by atoms with Gasteiger partial charge in [-0.25, -0.2) is 10.4 Å². The van der Waals surface area contributed by atoms with E-state index in [1.807, 2.05) is 53.9 Å². The Morgan fingerprint density at radius 2 is 2.15 bits per heavy atom. The summed E-state index contributed by atoms with van der Waals surface area (Å²) < 4.78 is 5.97. The van der Waals surface area contributed by atoms with Gasteiger partial charge in [-0.2, -0.15) is 5.10 Å². The molecule has 3 aromatic rings. The minimum absolute atomic E-state index is 0.192. The molecule has 0 aliphatic rings. The number of methoxy groups -OCH3 is 1. The third-order valence-corrected chi connectivity index (χ3v) is 5.72. The van der Waals surface area contributed by atoms with Gasteiger partial charge in [-0.1, -0.05) is 47.6 Å². The molecular formula is C19H16ClN3O2S2. The molecule has 0 aliphatic carbocycles. The van der Waals surface area contributed by atoms with Gasteiger partial charge in [0, 0.05) is 16.0 Å². The van der Waals surface area contributed by atoms with Crippen molar-refractivity contribution in [2.75, 3.05) is 12.9 Å². The van der Waals surface area contributed by atoms with Gasteiger partial charge < -0.3 is 4.74 Å². The van der Waals surface area contributed by atoms with Crippen LogP contribution in [0.4, 0.5) is 0 Å². The van der Waals surface area contributed by atoms with Crippen LogP contribution in [0.3, 0.4) is 0 Å². The van der Waals surface area contributed by atoms with Crippen molar-refractivity contribution in [3.63, 3.8) is 0 Å². The second-order valence-electron chi connectivity index (χ2n) is 5.36. The summed E-state index contributed by atoms with van der Waals surface area (Å²) in [6.07, 6.45) is 1.58. The third kappa shape index (κ3) is 5.82. The highest BCUT2D eigenvalue weighted by Crippen LogP contribution is 2.28. The number of hydrazone groups is 1. The second kappa shape index (κ2) is 9.55. The lowest BCUT2D eigenvalue weighted by Gasteiger charge is -2.00. The molecular weight excluding hydrogens is 402 g/mol. The number of rotatable bonds is 7. The van der Waals surface area contributed by atoms with Crippen LogP contribution in [0.5, 0.6) is 5.75 Å². The molecule has 1 amide bonds. The molecule has 0 spiro atoms. The highest BCUT2D eigenvalue weighted by atomic mass is 35.5. The van der Waals surface area contributed by atoms with E-state index in [0.29, 0.717) is 5.02 Å².